The summed E-state index contributed by atoms with van der Waals surface area (Å²) in [6, 6.07) is 6.60. The molecular formula is C15H20N2O3. The summed E-state index contributed by atoms with van der Waals surface area (Å²) >= 11 is 0. The van der Waals surface area contributed by atoms with Crippen LogP contribution in [-0.2, 0) is 17.8 Å². The molecule has 0 fully saturated rings. The molecule has 0 radical (unpaired) electrons. The fourth-order valence-corrected chi connectivity index (χ4v) is 2.35. The molecule has 108 valence electrons. The van der Waals surface area contributed by atoms with Crippen LogP contribution in [0, 0.1) is 0 Å². The van der Waals surface area contributed by atoms with Gasteiger partial charge in [-0.2, -0.15) is 0 Å². The standard InChI is InChI=1S/C15H20N2O3/c1-3-10(2)16-15(20)17-9-12-7-5-4-6-11(12)8-13(17)14(18)19/h4-7,10,13H,3,8-9H2,1-2H3,(H,16,20)(H,18,19)/t10?,13-/m0/s1. The van der Waals surface area contributed by atoms with Gasteiger partial charge in [0.05, 0.1) is 0 Å². The number of nitrogens with zero attached hydrogens (tertiary/aromatic N) is 1. The topological polar surface area (TPSA) is 69.6 Å². The number of rotatable bonds is 3. The lowest BCUT2D eigenvalue weighted by molar-refractivity contribution is -0.142. The van der Waals surface area contributed by atoms with Crippen molar-refractivity contribution in [1.29, 1.82) is 0 Å². The number of carbonyl (C=O) groups excluding carboxylic acids is 1. The number of hydrogen-bond acceptors (Lipinski definition) is 2. The number of fused-ring (bicyclic) bond motifs is 1. The summed E-state index contributed by atoms with van der Waals surface area (Å²) in [5, 5.41) is 12.2. The number of nitrogens with one attached hydrogen (secondary N) is 1. The molecule has 0 aromatic heterocycles. The zero-order chi connectivity index (χ0) is 14.7. The molecule has 2 rings (SSSR count). The van der Waals surface area contributed by atoms with E-state index in [1.54, 1.807) is 0 Å². The molecule has 0 aliphatic carbocycles. The fourth-order valence-electron chi connectivity index (χ4n) is 2.35. The number of carboxylic acids is 1. The number of carboxylic acid groups (broad SMARTS) is 1. The predicted molar refractivity (Wildman–Crippen MR) is 75.4 cm³/mol. The summed E-state index contributed by atoms with van der Waals surface area (Å²) in [4.78, 5) is 25.1. The maximum absolute atomic E-state index is 12.2. The van der Waals surface area contributed by atoms with Crippen LogP contribution >= 0.6 is 0 Å². The van der Waals surface area contributed by atoms with E-state index in [9.17, 15) is 14.7 Å². The number of carbonyl (C=O) groups is 2. The van der Waals surface area contributed by atoms with Gasteiger partial charge in [0.25, 0.3) is 0 Å². The van der Waals surface area contributed by atoms with Crippen molar-refractivity contribution < 1.29 is 14.7 Å². The molecule has 0 spiro atoms. The van der Waals surface area contributed by atoms with Crippen molar-refractivity contribution in [3.8, 4) is 0 Å². The molecule has 1 unspecified atom stereocenters. The second-order valence-electron chi connectivity index (χ2n) is 5.21. The second kappa shape index (κ2) is 5.94. The van der Waals surface area contributed by atoms with Gasteiger partial charge in [0.15, 0.2) is 0 Å². The maximum Gasteiger partial charge on any atom is 0.326 e. The average molecular weight is 276 g/mol. The second-order valence-corrected chi connectivity index (χ2v) is 5.21. The first-order chi connectivity index (χ1) is 9.52. The van der Waals surface area contributed by atoms with Crippen LogP contribution in [0.4, 0.5) is 4.79 Å². The highest BCUT2D eigenvalue weighted by Crippen LogP contribution is 2.23. The molecule has 1 aromatic carbocycles. The molecule has 1 aliphatic rings. The Kier molecular flexibility index (Phi) is 4.27. The molecule has 5 nitrogen and oxygen atoms in total. The summed E-state index contributed by atoms with van der Waals surface area (Å²) in [7, 11) is 0. The third-order valence-corrected chi connectivity index (χ3v) is 3.78. The van der Waals surface area contributed by atoms with Gasteiger partial charge in [0, 0.05) is 19.0 Å². The predicted octanol–water partition coefficient (Wildman–Crippen LogP) is 2.01. The smallest absolute Gasteiger partial charge is 0.326 e. The summed E-state index contributed by atoms with van der Waals surface area (Å²) in [6.45, 7) is 4.23. The van der Waals surface area contributed by atoms with Gasteiger partial charge in [-0.25, -0.2) is 9.59 Å². The van der Waals surface area contributed by atoms with Crippen LogP contribution in [0.2, 0.25) is 0 Å². The van der Waals surface area contributed by atoms with Crippen LogP contribution in [-0.4, -0.2) is 34.1 Å². The van der Waals surface area contributed by atoms with Crippen molar-refractivity contribution in [2.24, 2.45) is 0 Å². The Morgan fingerprint density at radius 3 is 2.65 bits per heavy atom. The monoisotopic (exact) mass is 276 g/mol. The molecule has 2 N–H and O–H groups in total. The number of amides is 2. The molecule has 1 aromatic rings. The number of aliphatic carboxylic acids is 1. The van der Waals surface area contributed by atoms with E-state index in [1.165, 1.54) is 4.90 Å². The van der Waals surface area contributed by atoms with Crippen LogP contribution in [0.5, 0.6) is 0 Å². The van der Waals surface area contributed by atoms with E-state index < -0.39 is 12.0 Å². The third-order valence-electron chi connectivity index (χ3n) is 3.78. The van der Waals surface area contributed by atoms with Gasteiger partial charge in [-0.3, -0.25) is 0 Å². The van der Waals surface area contributed by atoms with Gasteiger partial charge in [0.1, 0.15) is 6.04 Å². The molecular weight excluding hydrogens is 256 g/mol. The minimum Gasteiger partial charge on any atom is -0.480 e. The van der Waals surface area contributed by atoms with E-state index in [2.05, 4.69) is 5.32 Å². The van der Waals surface area contributed by atoms with E-state index in [-0.39, 0.29) is 12.1 Å². The Morgan fingerprint density at radius 1 is 1.40 bits per heavy atom. The average Bonchev–Trinajstić information content (AvgIpc) is 2.45. The summed E-state index contributed by atoms with van der Waals surface area (Å²) in [5.41, 5.74) is 2.02. The Balaban J connectivity index is 2.22. The molecule has 1 aliphatic heterocycles. The molecule has 0 saturated heterocycles. The quantitative estimate of drug-likeness (QED) is 0.887. The van der Waals surface area contributed by atoms with E-state index in [0.29, 0.717) is 13.0 Å². The van der Waals surface area contributed by atoms with Gasteiger partial charge in [-0.05, 0) is 24.5 Å². The first-order valence-electron chi connectivity index (χ1n) is 6.89. The lowest BCUT2D eigenvalue weighted by Crippen LogP contribution is -2.53. The highest BCUT2D eigenvalue weighted by atomic mass is 16.4. The van der Waals surface area contributed by atoms with E-state index in [0.717, 1.165) is 17.5 Å². The first kappa shape index (κ1) is 14.4. The van der Waals surface area contributed by atoms with Crippen LogP contribution < -0.4 is 5.32 Å². The Hall–Kier alpha value is -2.04. The third kappa shape index (κ3) is 2.92. The van der Waals surface area contributed by atoms with Gasteiger partial charge in [0.2, 0.25) is 0 Å². The molecule has 0 saturated carbocycles. The van der Waals surface area contributed by atoms with Crippen molar-refractivity contribution in [3.63, 3.8) is 0 Å². The lowest BCUT2D eigenvalue weighted by atomic mass is 9.94. The normalized spacial score (nSPS) is 19.1. The SMILES string of the molecule is CCC(C)NC(=O)N1Cc2ccccc2C[C@H]1C(=O)O. The largest absolute Gasteiger partial charge is 0.480 e. The minimum absolute atomic E-state index is 0.0362. The fraction of sp³-hybridized carbons (Fsp3) is 0.467. The minimum atomic E-state index is -0.959. The van der Waals surface area contributed by atoms with E-state index in [1.807, 2.05) is 38.1 Å². The lowest BCUT2D eigenvalue weighted by Gasteiger charge is -2.35. The van der Waals surface area contributed by atoms with Crippen molar-refractivity contribution in [2.45, 2.75) is 45.3 Å². The van der Waals surface area contributed by atoms with Crippen LogP contribution in [0.15, 0.2) is 24.3 Å². The van der Waals surface area contributed by atoms with Crippen molar-refractivity contribution in [3.05, 3.63) is 35.4 Å². The highest BCUT2D eigenvalue weighted by Gasteiger charge is 2.34. The number of urea groups is 1. The van der Waals surface area contributed by atoms with Crippen molar-refractivity contribution in [2.75, 3.05) is 0 Å². The summed E-state index contributed by atoms with van der Waals surface area (Å²) < 4.78 is 0. The highest BCUT2D eigenvalue weighted by molar-refractivity contribution is 5.83. The van der Waals surface area contributed by atoms with E-state index >= 15 is 0 Å². The number of hydrogen-bond donors (Lipinski definition) is 2. The maximum atomic E-state index is 12.2. The van der Waals surface area contributed by atoms with E-state index in [4.69, 9.17) is 0 Å². The van der Waals surface area contributed by atoms with Gasteiger partial charge < -0.3 is 15.3 Å². The molecule has 1 heterocycles. The Labute approximate surface area is 118 Å². The molecule has 2 atom stereocenters. The zero-order valence-corrected chi connectivity index (χ0v) is 11.8. The van der Waals surface area contributed by atoms with Gasteiger partial charge in [-0.15, -0.1) is 0 Å². The Morgan fingerprint density at radius 2 is 2.05 bits per heavy atom. The molecule has 0 bridgehead atoms. The zero-order valence-electron chi connectivity index (χ0n) is 11.8. The van der Waals surface area contributed by atoms with Gasteiger partial charge >= 0.3 is 12.0 Å². The van der Waals surface area contributed by atoms with Gasteiger partial charge in [-0.1, -0.05) is 31.2 Å². The molecule has 2 amide bonds. The van der Waals surface area contributed by atoms with Crippen LogP contribution in [0.3, 0.4) is 0 Å². The Bertz CT molecular complexity index is 516. The molecule has 5 heteroatoms. The summed E-state index contributed by atoms with van der Waals surface area (Å²) in [5.74, 6) is -0.959. The van der Waals surface area contributed by atoms with Crippen LogP contribution in [0.1, 0.15) is 31.4 Å². The first-order valence-corrected chi connectivity index (χ1v) is 6.89. The summed E-state index contributed by atoms with van der Waals surface area (Å²) in [6.07, 6.45) is 1.17. The van der Waals surface area contributed by atoms with Crippen molar-refractivity contribution in [1.82, 2.24) is 10.2 Å². The number of benzene rings is 1. The van der Waals surface area contributed by atoms with Crippen molar-refractivity contribution >= 4 is 12.0 Å². The van der Waals surface area contributed by atoms with Crippen LogP contribution in [0.25, 0.3) is 0 Å². The molecule has 20 heavy (non-hydrogen) atoms.